The number of rotatable bonds is 10. The highest BCUT2D eigenvalue weighted by Crippen LogP contribution is 2.29. The normalized spacial score (nSPS) is 12.5. The van der Waals surface area contributed by atoms with Crippen molar-refractivity contribution in [2.45, 2.75) is 45.3 Å². The summed E-state index contributed by atoms with van der Waals surface area (Å²) in [4.78, 5) is 29.2. The first-order valence-electron chi connectivity index (χ1n) is 12.5. The molecular formula is C29H32Cl3N3O4S. The van der Waals surface area contributed by atoms with Crippen molar-refractivity contribution in [3.8, 4) is 0 Å². The Bertz CT molecular complexity index is 1440. The second-order valence-corrected chi connectivity index (χ2v) is 13.6. The molecule has 0 unspecified atom stereocenters. The fraction of sp³-hybridized carbons (Fsp3) is 0.310. The smallest absolute Gasteiger partial charge is 0.244 e. The Morgan fingerprint density at radius 1 is 0.875 bits per heavy atom. The van der Waals surface area contributed by atoms with Crippen molar-refractivity contribution in [3.63, 3.8) is 0 Å². The Kier molecular flexibility index (Phi) is 10.5. The molecule has 1 atom stereocenters. The zero-order valence-electron chi connectivity index (χ0n) is 22.7. The average molecular weight is 625 g/mol. The van der Waals surface area contributed by atoms with Gasteiger partial charge in [-0.3, -0.25) is 13.9 Å². The summed E-state index contributed by atoms with van der Waals surface area (Å²) in [7, 11) is -3.92. The Labute approximate surface area is 251 Å². The summed E-state index contributed by atoms with van der Waals surface area (Å²) >= 11 is 18.3. The lowest BCUT2D eigenvalue weighted by molar-refractivity contribution is -0.140. The van der Waals surface area contributed by atoms with Gasteiger partial charge in [0.05, 0.1) is 22.0 Å². The van der Waals surface area contributed by atoms with Crippen LogP contribution in [0.15, 0.2) is 72.8 Å². The predicted octanol–water partition coefficient (Wildman–Crippen LogP) is 5.97. The molecule has 7 nitrogen and oxygen atoms in total. The summed E-state index contributed by atoms with van der Waals surface area (Å²) < 4.78 is 26.7. The maximum Gasteiger partial charge on any atom is 0.244 e. The molecule has 0 saturated carbocycles. The van der Waals surface area contributed by atoms with E-state index in [9.17, 15) is 18.0 Å². The molecule has 0 spiro atoms. The van der Waals surface area contributed by atoms with Crippen LogP contribution in [0.4, 0.5) is 5.69 Å². The van der Waals surface area contributed by atoms with E-state index in [1.54, 1.807) is 24.3 Å². The van der Waals surface area contributed by atoms with Crippen LogP contribution in [-0.4, -0.2) is 49.5 Å². The van der Waals surface area contributed by atoms with Crippen molar-refractivity contribution < 1.29 is 18.0 Å². The van der Waals surface area contributed by atoms with E-state index in [2.05, 4.69) is 5.32 Å². The van der Waals surface area contributed by atoms with Crippen LogP contribution in [0.2, 0.25) is 15.1 Å². The summed E-state index contributed by atoms with van der Waals surface area (Å²) in [5.41, 5.74) is 1.17. The number of halogens is 3. The van der Waals surface area contributed by atoms with Crippen LogP contribution in [0.5, 0.6) is 0 Å². The van der Waals surface area contributed by atoms with Gasteiger partial charge < -0.3 is 10.2 Å². The van der Waals surface area contributed by atoms with E-state index in [0.717, 1.165) is 21.7 Å². The number of nitrogens with one attached hydrogen (secondary N) is 1. The average Bonchev–Trinajstić information content (AvgIpc) is 2.86. The molecule has 3 aromatic rings. The summed E-state index contributed by atoms with van der Waals surface area (Å²) in [5, 5.41) is 3.89. The Balaban J connectivity index is 2.08. The van der Waals surface area contributed by atoms with Gasteiger partial charge >= 0.3 is 0 Å². The SMILES string of the molecule is CC(C)(C)NC(=O)[C@H](Cc1ccccc1)N(Cc1ccc(Cl)cc1)C(=O)CN(c1ccc(Cl)c(Cl)c1)S(C)(=O)=O. The van der Waals surface area contributed by atoms with Crippen LogP contribution in [0, 0.1) is 0 Å². The Morgan fingerprint density at radius 3 is 2.05 bits per heavy atom. The van der Waals surface area contributed by atoms with Gasteiger partial charge in [0, 0.05) is 23.5 Å². The Morgan fingerprint density at radius 2 is 1.50 bits per heavy atom. The van der Waals surface area contributed by atoms with Crippen molar-refractivity contribution in [2.75, 3.05) is 17.1 Å². The third-order valence-electron chi connectivity index (χ3n) is 5.91. The number of hydrogen-bond acceptors (Lipinski definition) is 4. The van der Waals surface area contributed by atoms with Crippen LogP contribution in [0.1, 0.15) is 31.9 Å². The molecule has 0 radical (unpaired) electrons. The summed E-state index contributed by atoms with van der Waals surface area (Å²) in [6.07, 6.45) is 1.22. The van der Waals surface area contributed by atoms with Gasteiger partial charge in [0.25, 0.3) is 0 Å². The predicted molar refractivity (Wildman–Crippen MR) is 162 cm³/mol. The summed E-state index contributed by atoms with van der Waals surface area (Å²) in [5.74, 6) is -0.935. The topological polar surface area (TPSA) is 86.8 Å². The van der Waals surface area contributed by atoms with E-state index in [1.165, 1.54) is 23.1 Å². The molecule has 0 fully saturated rings. The molecule has 0 aliphatic carbocycles. The molecular weight excluding hydrogens is 593 g/mol. The van der Waals surface area contributed by atoms with Crippen LogP contribution in [-0.2, 0) is 32.6 Å². The fourth-order valence-corrected chi connectivity index (χ4v) is 5.31. The van der Waals surface area contributed by atoms with Gasteiger partial charge in [-0.05, 0) is 62.2 Å². The van der Waals surface area contributed by atoms with E-state index in [1.807, 2.05) is 51.1 Å². The molecule has 40 heavy (non-hydrogen) atoms. The molecule has 3 rings (SSSR count). The minimum atomic E-state index is -3.92. The van der Waals surface area contributed by atoms with E-state index in [0.29, 0.717) is 5.02 Å². The largest absolute Gasteiger partial charge is 0.350 e. The van der Waals surface area contributed by atoms with Gasteiger partial charge in [-0.25, -0.2) is 8.42 Å². The summed E-state index contributed by atoms with van der Waals surface area (Å²) in [6.45, 7) is 5.05. The van der Waals surface area contributed by atoms with Gasteiger partial charge in [0.15, 0.2) is 0 Å². The van der Waals surface area contributed by atoms with Gasteiger partial charge in [-0.2, -0.15) is 0 Å². The maximum absolute atomic E-state index is 14.1. The number of sulfonamides is 1. The lowest BCUT2D eigenvalue weighted by Gasteiger charge is -2.35. The highest BCUT2D eigenvalue weighted by atomic mass is 35.5. The second kappa shape index (κ2) is 13.3. The van der Waals surface area contributed by atoms with E-state index < -0.39 is 34.1 Å². The molecule has 2 amide bonds. The quantitative estimate of drug-likeness (QED) is 0.301. The van der Waals surface area contributed by atoms with Gasteiger partial charge in [0.2, 0.25) is 21.8 Å². The third-order valence-corrected chi connectivity index (χ3v) is 8.04. The number of carbonyl (C=O) groups excluding carboxylic acids is 2. The number of anilines is 1. The minimum absolute atomic E-state index is 0.0457. The first-order chi connectivity index (χ1) is 18.6. The molecule has 11 heteroatoms. The van der Waals surface area contributed by atoms with Crippen molar-refractivity contribution in [3.05, 3.63) is 99.0 Å². The van der Waals surface area contributed by atoms with E-state index >= 15 is 0 Å². The molecule has 3 aromatic carbocycles. The molecule has 0 saturated heterocycles. The van der Waals surface area contributed by atoms with Crippen molar-refractivity contribution >= 4 is 62.3 Å². The molecule has 0 aliphatic rings. The Hall–Kier alpha value is -2.78. The van der Waals surface area contributed by atoms with Gasteiger partial charge in [-0.1, -0.05) is 77.3 Å². The monoisotopic (exact) mass is 623 g/mol. The number of amides is 2. The number of nitrogens with zero attached hydrogens (tertiary/aromatic N) is 2. The highest BCUT2D eigenvalue weighted by molar-refractivity contribution is 7.92. The van der Waals surface area contributed by atoms with E-state index in [-0.39, 0.29) is 34.6 Å². The van der Waals surface area contributed by atoms with Crippen LogP contribution < -0.4 is 9.62 Å². The maximum atomic E-state index is 14.1. The van der Waals surface area contributed by atoms with Crippen LogP contribution in [0.25, 0.3) is 0 Å². The van der Waals surface area contributed by atoms with Crippen LogP contribution in [0.3, 0.4) is 0 Å². The molecule has 214 valence electrons. The van der Waals surface area contributed by atoms with Crippen molar-refractivity contribution in [1.29, 1.82) is 0 Å². The molecule has 0 bridgehead atoms. The third kappa shape index (κ3) is 9.13. The minimum Gasteiger partial charge on any atom is -0.350 e. The fourth-order valence-electron chi connectivity index (χ4n) is 4.05. The number of carbonyl (C=O) groups is 2. The second-order valence-electron chi connectivity index (χ2n) is 10.5. The lowest BCUT2D eigenvalue weighted by atomic mass is 10.0. The van der Waals surface area contributed by atoms with Crippen molar-refractivity contribution in [1.82, 2.24) is 10.2 Å². The van der Waals surface area contributed by atoms with Crippen molar-refractivity contribution in [2.24, 2.45) is 0 Å². The molecule has 0 heterocycles. The molecule has 0 aromatic heterocycles. The highest BCUT2D eigenvalue weighted by Gasteiger charge is 2.34. The number of benzene rings is 3. The van der Waals surface area contributed by atoms with E-state index in [4.69, 9.17) is 34.8 Å². The van der Waals surface area contributed by atoms with Crippen LogP contribution >= 0.6 is 34.8 Å². The zero-order valence-corrected chi connectivity index (χ0v) is 25.8. The molecule has 0 aliphatic heterocycles. The molecule has 1 N–H and O–H groups in total. The first kappa shape index (κ1) is 31.7. The summed E-state index contributed by atoms with van der Waals surface area (Å²) in [6, 6.07) is 19.6. The first-order valence-corrected chi connectivity index (χ1v) is 15.4. The van der Waals surface area contributed by atoms with Gasteiger partial charge in [-0.15, -0.1) is 0 Å². The lowest BCUT2D eigenvalue weighted by Crippen LogP contribution is -2.56. The number of hydrogen-bond donors (Lipinski definition) is 1. The van der Waals surface area contributed by atoms with Gasteiger partial charge in [0.1, 0.15) is 12.6 Å². The zero-order chi connectivity index (χ0) is 29.7. The standard InChI is InChI=1S/C29H32Cl3N3O4S/c1-29(2,3)33-28(37)26(16-20-8-6-5-7-9-20)34(18-21-10-12-22(30)13-11-21)27(36)19-35(40(4,38)39)23-14-15-24(31)25(32)17-23/h5-15,17,26H,16,18-19H2,1-4H3,(H,33,37)/t26-/m0/s1.